The minimum atomic E-state index is 0.746. The minimum absolute atomic E-state index is 0.746. The van der Waals surface area contributed by atoms with Crippen LogP contribution in [0.3, 0.4) is 0 Å². The molecule has 0 fully saturated rings. The second kappa shape index (κ2) is 3.93. The van der Waals surface area contributed by atoms with Gasteiger partial charge in [0.25, 0.3) is 0 Å². The molecule has 1 aromatic rings. The van der Waals surface area contributed by atoms with E-state index in [0.717, 1.165) is 34.3 Å². The lowest BCUT2D eigenvalue weighted by molar-refractivity contribution is -0.480. The van der Waals surface area contributed by atoms with E-state index in [0.29, 0.717) is 0 Å². The summed E-state index contributed by atoms with van der Waals surface area (Å²) in [6, 6.07) is 7.81. The van der Waals surface area contributed by atoms with Gasteiger partial charge in [0.2, 0.25) is 0 Å². The third kappa shape index (κ3) is 1.83. The largest absolute Gasteiger partial charge is 0.349 e. The molecule has 0 atom stereocenters. The fourth-order valence-electron chi connectivity index (χ4n) is 1.97. The average molecular weight is 245 g/mol. The average Bonchev–Trinajstić information content (AvgIpc) is 2.70. The Kier molecular flexibility index (Phi) is 2.41. The molecule has 4 heteroatoms. The summed E-state index contributed by atoms with van der Waals surface area (Å²) in [7, 11) is 0. The summed E-state index contributed by atoms with van der Waals surface area (Å²) in [5, 5.41) is 5.21. The maximum absolute atomic E-state index is 5.90. The van der Waals surface area contributed by atoms with Crippen LogP contribution in [0, 0.1) is 0 Å². The Balaban J connectivity index is 2.12. The van der Waals surface area contributed by atoms with Gasteiger partial charge in [-0.1, -0.05) is 26.4 Å². The van der Waals surface area contributed by atoms with E-state index in [1.165, 1.54) is 0 Å². The Labute approximate surface area is 104 Å². The van der Waals surface area contributed by atoms with Crippen LogP contribution in [0.5, 0.6) is 0 Å². The summed E-state index contributed by atoms with van der Waals surface area (Å²) in [6.45, 7) is 1.97. The van der Waals surface area contributed by atoms with Crippen LogP contribution < -0.4 is 0 Å². The second-order valence-electron chi connectivity index (χ2n) is 4.03. The molecule has 0 unspecified atom stereocenters. The maximum atomic E-state index is 5.90. The first kappa shape index (κ1) is 10.4. The molecular formula is C13H11ClN3+. The zero-order valence-electron chi connectivity index (χ0n) is 9.39. The molecule has 0 saturated carbocycles. The molecule has 2 aliphatic heterocycles. The molecule has 0 N–H and O–H groups in total. The van der Waals surface area contributed by atoms with E-state index in [2.05, 4.69) is 10.1 Å². The molecule has 0 aromatic heterocycles. The molecule has 17 heavy (non-hydrogen) atoms. The van der Waals surface area contributed by atoms with Crippen molar-refractivity contribution < 1.29 is 4.68 Å². The highest BCUT2D eigenvalue weighted by atomic mass is 35.5. The van der Waals surface area contributed by atoms with Crippen LogP contribution >= 0.6 is 11.6 Å². The van der Waals surface area contributed by atoms with Gasteiger partial charge in [-0.25, -0.2) is 0 Å². The Bertz CT molecular complexity index is 592. The highest BCUT2D eigenvalue weighted by Crippen LogP contribution is 2.19. The Morgan fingerprint density at radius 2 is 2.00 bits per heavy atom. The predicted molar refractivity (Wildman–Crippen MR) is 70.1 cm³/mol. The van der Waals surface area contributed by atoms with Gasteiger partial charge in [0.1, 0.15) is 11.9 Å². The van der Waals surface area contributed by atoms with Crippen molar-refractivity contribution in [2.45, 2.75) is 13.3 Å². The second-order valence-corrected chi connectivity index (χ2v) is 4.46. The third-order valence-corrected chi connectivity index (χ3v) is 3.01. The van der Waals surface area contributed by atoms with Crippen molar-refractivity contribution in [3.05, 3.63) is 46.7 Å². The molecule has 2 aliphatic rings. The lowest BCUT2D eigenvalue weighted by Gasteiger charge is -2.06. The van der Waals surface area contributed by atoms with E-state index in [-0.39, 0.29) is 0 Å². The van der Waals surface area contributed by atoms with Gasteiger partial charge < -0.3 is 0 Å². The number of benzene rings is 1. The summed E-state index contributed by atoms with van der Waals surface area (Å²) in [5.74, 6) is 0.888. The highest BCUT2D eigenvalue weighted by molar-refractivity contribution is 6.30. The summed E-state index contributed by atoms with van der Waals surface area (Å²) in [4.78, 5) is 4.34. The number of fused-ring (bicyclic) bond motifs is 1. The number of allylic oxidation sites excluding steroid dienone is 1. The van der Waals surface area contributed by atoms with Crippen LogP contribution in [0.15, 0.2) is 46.3 Å². The van der Waals surface area contributed by atoms with Crippen molar-refractivity contribution >= 4 is 29.2 Å². The van der Waals surface area contributed by atoms with Crippen molar-refractivity contribution in [3.8, 4) is 0 Å². The minimum Gasteiger partial charge on any atom is -0.0972 e. The predicted octanol–water partition coefficient (Wildman–Crippen LogP) is 2.85. The quantitative estimate of drug-likeness (QED) is 0.680. The Hall–Kier alpha value is -1.74. The van der Waals surface area contributed by atoms with Crippen LogP contribution in [0.2, 0.25) is 5.02 Å². The van der Waals surface area contributed by atoms with Crippen LogP contribution in [-0.2, 0) is 0 Å². The monoisotopic (exact) mass is 244 g/mol. The summed E-state index contributed by atoms with van der Waals surface area (Å²) in [5.41, 5.74) is 3.25. The van der Waals surface area contributed by atoms with E-state index >= 15 is 0 Å². The van der Waals surface area contributed by atoms with Crippen molar-refractivity contribution in [2.24, 2.45) is 10.1 Å². The van der Waals surface area contributed by atoms with E-state index < -0.39 is 0 Å². The molecule has 1 aromatic carbocycles. The standard InChI is InChI=1S/C13H11ClN3/c1-9-8-13-15-7-6-12(17(13)16-9)10-2-4-11(14)5-3-10/h2-5,7-8H,6H2,1H3/q+1. The summed E-state index contributed by atoms with van der Waals surface area (Å²) < 4.78 is 1.90. The van der Waals surface area contributed by atoms with Crippen molar-refractivity contribution in [2.75, 3.05) is 0 Å². The molecule has 3 rings (SSSR count). The van der Waals surface area contributed by atoms with Crippen LogP contribution in [0.25, 0.3) is 0 Å². The Morgan fingerprint density at radius 3 is 2.76 bits per heavy atom. The zero-order chi connectivity index (χ0) is 11.8. The fraction of sp³-hybridized carbons (Fsp3) is 0.154. The first-order valence-electron chi connectivity index (χ1n) is 5.45. The van der Waals surface area contributed by atoms with Gasteiger partial charge in [0.05, 0.1) is 18.2 Å². The van der Waals surface area contributed by atoms with E-state index in [1.54, 1.807) is 0 Å². The number of aliphatic imine (C=N–C) groups is 1. The molecule has 3 nitrogen and oxygen atoms in total. The molecule has 0 aliphatic carbocycles. The summed E-state index contributed by atoms with van der Waals surface area (Å²) in [6.07, 6.45) is 4.68. The molecule has 0 bridgehead atoms. The van der Waals surface area contributed by atoms with Gasteiger partial charge in [-0.15, -0.1) is 0 Å². The van der Waals surface area contributed by atoms with Crippen molar-refractivity contribution in [3.63, 3.8) is 0 Å². The molecule has 0 spiro atoms. The van der Waals surface area contributed by atoms with Gasteiger partial charge in [-0.3, -0.25) is 0 Å². The van der Waals surface area contributed by atoms with Crippen molar-refractivity contribution in [1.29, 1.82) is 0 Å². The lowest BCUT2D eigenvalue weighted by atomic mass is 10.1. The zero-order valence-corrected chi connectivity index (χ0v) is 10.1. The molecule has 0 radical (unpaired) electrons. The van der Waals surface area contributed by atoms with Crippen molar-refractivity contribution in [1.82, 2.24) is 0 Å². The smallest absolute Gasteiger partial charge is 0.0972 e. The number of hydrogen-bond acceptors (Lipinski definition) is 2. The number of hydrogen-bond donors (Lipinski definition) is 0. The van der Waals surface area contributed by atoms with Gasteiger partial charge in [-0.2, -0.15) is 0 Å². The van der Waals surface area contributed by atoms with Gasteiger partial charge >= 0.3 is 5.82 Å². The van der Waals surface area contributed by atoms with Gasteiger partial charge in [0.15, 0.2) is 0 Å². The number of hydrazone groups is 1. The molecular weight excluding hydrogens is 234 g/mol. The topological polar surface area (TPSA) is 27.7 Å². The first-order valence-corrected chi connectivity index (χ1v) is 5.83. The molecule has 84 valence electrons. The van der Waals surface area contributed by atoms with E-state index in [1.807, 2.05) is 48.2 Å². The van der Waals surface area contributed by atoms with E-state index in [4.69, 9.17) is 11.6 Å². The van der Waals surface area contributed by atoms with Crippen LogP contribution in [-0.4, -0.2) is 22.3 Å². The number of nitrogens with zero attached hydrogens (tertiary/aromatic N) is 3. The molecule has 2 heterocycles. The lowest BCUT2D eigenvalue weighted by Crippen LogP contribution is -2.19. The van der Waals surface area contributed by atoms with Crippen LogP contribution in [0.4, 0.5) is 0 Å². The first-order chi connectivity index (χ1) is 8.24. The summed E-state index contributed by atoms with van der Waals surface area (Å²) >= 11 is 5.90. The van der Waals surface area contributed by atoms with Gasteiger partial charge in [-0.05, 0) is 31.2 Å². The SMILES string of the molecule is CC1=N[N+]2=C(c3ccc(Cl)cc3)CC=NC2=C1. The molecule has 0 saturated heterocycles. The van der Waals surface area contributed by atoms with Gasteiger partial charge in [0, 0.05) is 10.6 Å². The van der Waals surface area contributed by atoms with Crippen LogP contribution in [0.1, 0.15) is 18.9 Å². The normalized spacial score (nSPS) is 18.0. The third-order valence-electron chi connectivity index (χ3n) is 2.75. The Morgan fingerprint density at radius 1 is 1.24 bits per heavy atom. The highest BCUT2D eigenvalue weighted by Gasteiger charge is 2.27. The number of halogens is 1. The maximum Gasteiger partial charge on any atom is 0.349 e. The number of rotatable bonds is 1. The van der Waals surface area contributed by atoms with E-state index in [9.17, 15) is 0 Å². The fourth-order valence-corrected chi connectivity index (χ4v) is 2.10. The molecule has 0 amide bonds.